The van der Waals surface area contributed by atoms with Crippen LogP contribution in [0.15, 0.2) is 40.5 Å². The van der Waals surface area contributed by atoms with E-state index in [1.54, 1.807) is 24.7 Å². The predicted octanol–water partition coefficient (Wildman–Crippen LogP) is 1.55. The van der Waals surface area contributed by atoms with Crippen LogP contribution in [-0.4, -0.2) is 60.5 Å². The predicted molar refractivity (Wildman–Crippen MR) is 132 cm³/mol. The van der Waals surface area contributed by atoms with Gasteiger partial charge in [-0.05, 0) is 61.0 Å². The Balaban J connectivity index is 1.58. The monoisotopic (exact) mass is 484 g/mol. The van der Waals surface area contributed by atoms with Crippen LogP contribution in [0.3, 0.4) is 0 Å². The quantitative estimate of drug-likeness (QED) is 0.673. The summed E-state index contributed by atoms with van der Waals surface area (Å²) in [6, 6.07) is 2.59. The molecule has 34 heavy (non-hydrogen) atoms. The molecule has 5 rings (SSSR count). The highest BCUT2D eigenvalue weighted by atomic mass is 32.2. The van der Waals surface area contributed by atoms with Crippen molar-refractivity contribution in [2.75, 3.05) is 18.6 Å². The normalized spacial score (nSPS) is 26.1. The molecule has 1 saturated carbocycles. The minimum atomic E-state index is -3.30. The van der Waals surface area contributed by atoms with Gasteiger partial charge in [0.1, 0.15) is 0 Å². The Kier molecular flexibility index (Phi) is 5.70. The van der Waals surface area contributed by atoms with Crippen LogP contribution in [0.4, 0.5) is 0 Å². The van der Waals surface area contributed by atoms with Crippen molar-refractivity contribution in [3.8, 4) is 0 Å². The number of sulfone groups is 1. The lowest BCUT2D eigenvalue weighted by atomic mass is 9.87. The van der Waals surface area contributed by atoms with Crippen molar-refractivity contribution in [1.29, 1.82) is 0 Å². The third-order valence-electron chi connectivity index (χ3n) is 7.42. The number of pyridine rings is 1. The van der Waals surface area contributed by atoms with E-state index in [2.05, 4.69) is 21.7 Å². The van der Waals surface area contributed by atoms with Crippen LogP contribution in [0.2, 0.25) is 0 Å². The number of hydrogen-bond acceptors (Lipinski definition) is 6. The van der Waals surface area contributed by atoms with Gasteiger partial charge in [0.25, 0.3) is 5.56 Å². The molecule has 1 aromatic rings. The molecular weight excluding hydrogens is 452 g/mol. The molecule has 1 amide bonds. The lowest BCUT2D eigenvalue weighted by molar-refractivity contribution is -0.119. The first-order valence-corrected chi connectivity index (χ1v) is 14.0. The van der Waals surface area contributed by atoms with Crippen molar-refractivity contribution in [3.63, 3.8) is 0 Å². The summed E-state index contributed by atoms with van der Waals surface area (Å²) in [5.74, 6) is -0.0941. The van der Waals surface area contributed by atoms with E-state index in [1.165, 1.54) is 6.26 Å². The molecule has 0 saturated heterocycles. The van der Waals surface area contributed by atoms with Gasteiger partial charge in [-0.25, -0.2) is 8.42 Å². The van der Waals surface area contributed by atoms with Gasteiger partial charge in [0.2, 0.25) is 5.91 Å². The van der Waals surface area contributed by atoms with Crippen LogP contribution in [0.25, 0.3) is 11.3 Å². The van der Waals surface area contributed by atoms with Gasteiger partial charge in [-0.15, -0.1) is 0 Å². The number of nitrogens with zero attached hydrogens (tertiary/aromatic N) is 2. The summed E-state index contributed by atoms with van der Waals surface area (Å²) < 4.78 is 26.2. The minimum absolute atomic E-state index is 0.0194. The second kappa shape index (κ2) is 8.45. The van der Waals surface area contributed by atoms with E-state index in [0.29, 0.717) is 22.7 Å². The molecular formula is C25H32N4O4S. The maximum absolute atomic E-state index is 13.3. The molecule has 182 valence electrons. The molecule has 3 heterocycles. The maximum atomic E-state index is 13.3. The zero-order chi connectivity index (χ0) is 24.2. The number of carbonyl (C=O) groups is 1. The Labute approximate surface area is 200 Å². The van der Waals surface area contributed by atoms with Crippen LogP contribution >= 0.6 is 0 Å². The SMILES string of the molecule is CC(=O)NC1CCC(N2C=C3C=C(CS(C)(=O)=O)c4ccn(C)c(=O)c4C4=C3C2CCN4)CC1. The number of amides is 1. The number of fused-ring (bicyclic) bond motifs is 2. The highest BCUT2D eigenvalue weighted by molar-refractivity contribution is 7.91. The number of aryl methyl sites for hydroxylation is 1. The second-order valence-corrected chi connectivity index (χ2v) is 12.2. The summed E-state index contributed by atoms with van der Waals surface area (Å²) >= 11 is 0. The third-order valence-corrected chi connectivity index (χ3v) is 8.25. The Morgan fingerprint density at radius 1 is 1.21 bits per heavy atom. The van der Waals surface area contributed by atoms with Crippen LogP contribution in [-0.2, 0) is 21.7 Å². The first kappa shape index (κ1) is 23.0. The van der Waals surface area contributed by atoms with Crippen LogP contribution in [0, 0.1) is 0 Å². The Bertz CT molecular complexity index is 1300. The highest BCUT2D eigenvalue weighted by Crippen LogP contribution is 2.44. The Hall–Kier alpha value is -2.81. The fourth-order valence-corrected chi connectivity index (χ4v) is 6.81. The molecule has 2 aliphatic heterocycles. The van der Waals surface area contributed by atoms with E-state index in [-0.39, 0.29) is 29.3 Å². The van der Waals surface area contributed by atoms with Crippen molar-refractivity contribution in [3.05, 3.63) is 57.2 Å². The number of allylic oxidation sites excluding steroid dienone is 1. The van der Waals surface area contributed by atoms with Crippen molar-refractivity contribution in [2.45, 2.75) is 57.2 Å². The summed E-state index contributed by atoms with van der Waals surface area (Å²) in [5, 5.41) is 6.54. The first-order valence-electron chi connectivity index (χ1n) is 12.0. The average Bonchev–Trinajstić information content (AvgIpc) is 3.06. The largest absolute Gasteiger partial charge is 0.384 e. The third kappa shape index (κ3) is 4.10. The number of rotatable bonds is 4. The Morgan fingerprint density at radius 2 is 1.94 bits per heavy atom. The van der Waals surface area contributed by atoms with E-state index in [0.717, 1.165) is 55.5 Å². The molecule has 8 nitrogen and oxygen atoms in total. The highest BCUT2D eigenvalue weighted by Gasteiger charge is 2.41. The molecule has 9 heteroatoms. The Morgan fingerprint density at radius 3 is 2.62 bits per heavy atom. The van der Waals surface area contributed by atoms with Crippen molar-refractivity contribution in [2.24, 2.45) is 7.05 Å². The molecule has 4 aliphatic rings. The minimum Gasteiger partial charge on any atom is -0.384 e. The lowest BCUT2D eigenvalue weighted by Gasteiger charge is -2.40. The number of hydrogen-bond donors (Lipinski definition) is 2. The summed E-state index contributed by atoms with van der Waals surface area (Å²) in [7, 11) is -1.57. The zero-order valence-corrected chi connectivity index (χ0v) is 20.7. The molecule has 1 atom stereocenters. The van der Waals surface area contributed by atoms with Gasteiger partial charge in [0, 0.05) is 56.8 Å². The van der Waals surface area contributed by atoms with Gasteiger partial charge < -0.3 is 20.1 Å². The number of carbonyl (C=O) groups excluding carboxylic acids is 1. The second-order valence-electron chi connectivity index (χ2n) is 10.0. The van der Waals surface area contributed by atoms with Crippen LogP contribution in [0.1, 0.15) is 50.2 Å². The molecule has 1 fully saturated rings. The standard InChI is InChI=1S/C25H32N4O4S/c1-15(30)27-18-4-6-19(7-5-18)29-13-16-12-17(14-34(3,32)33)20-9-11-28(2)25(31)23(20)24-22(16)21(29)8-10-26-24/h9,11-13,18-19,21,26H,4-8,10,14H2,1-3H3,(H,27,30). The molecule has 0 spiro atoms. The summed E-state index contributed by atoms with van der Waals surface area (Å²) in [5.41, 5.74) is 4.74. The van der Waals surface area contributed by atoms with E-state index >= 15 is 0 Å². The molecule has 1 aromatic heterocycles. The average molecular weight is 485 g/mol. The fraction of sp³-hybridized carbons (Fsp3) is 0.520. The van der Waals surface area contributed by atoms with Gasteiger partial charge in [-0.1, -0.05) is 0 Å². The summed E-state index contributed by atoms with van der Waals surface area (Å²) in [4.78, 5) is 27.2. The summed E-state index contributed by atoms with van der Waals surface area (Å²) in [6.45, 7) is 2.32. The molecule has 2 aliphatic carbocycles. The first-order chi connectivity index (χ1) is 16.1. The van der Waals surface area contributed by atoms with Crippen LogP contribution in [0.5, 0.6) is 0 Å². The van der Waals surface area contributed by atoms with Gasteiger partial charge in [0.15, 0.2) is 9.84 Å². The van der Waals surface area contributed by atoms with Crippen molar-refractivity contribution < 1.29 is 13.2 Å². The molecule has 2 N–H and O–H groups in total. The van der Waals surface area contributed by atoms with Crippen LogP contribution < -0.4 is 16.2 Å². The molecule has 0 radical (unpaired) electrons. The number of nitrogens with one attached hydrogen (secondary N) is 2. The van der Waals surface area contributed by atoms with E-state index in [1.807, 2.05) is 12.1 Å². The van der Waals surface area contributed by atoms with E-state index in [9.17, 15) is 18.0 Å². The number of aromatic nitrogens is 1. The fourth-order valence-electron chi connectivity index (χ4n) is 6.00. The molecule has 1 unspecified atom stereocenters. The van der Waals surface area contributed by atoms with Gasteiger partial charge >= 0.3 is 0 Å². The molecule has 0 aromatic carbocycles. The van der Waals surface area contributed by atoms with E-state index in [4.69, 9.17) is 0 Å². The van der Waals surface area contributed by atoms with Crippen molar-refractivity contribution >= 4 is 27.0 Å². The topological polar surface area (TPSA) is 101 Å². The van der Waals surface area contributed by atoms with Gasteiger partial charge in [-0.2, -0.15) is 0 Å². The van der Waals surface area contributed by atoms with Gasteiger partial charge in [-0.3, -0.25) is 9.59 Å². The van der Waals surface area contributed by atoms with E-state index < -0.39 is 9.84 Å². The van der Waals surface area contributed by atoms with Crippen molar-refractivity contribution in [1.82, 2.24) is 20.1 Å². The smallest absolute Gasteiger partial charge is 0.260 e. The molecule has 0 bridgehead atoms. The summed E-state index contributed by atoms with van der Waals surface area (Å²) in [6.07, 6.45) is 11.9. The lowest BCUT2D eigenvalue weighted by Crippen LogP contribution is -2.46. The maximum Gasteiger partial charge on any atom is 0.260 e. The van der Waals surface area contributed by atoms with Gasteiger partial charge in [0.05, 0.1) is 23.1 Å². The zero-order valence-electron chi connectivity index (χ0n) is 19.9.